The highest BCUT2D eigenvalue weighted by Crippen LogP contribution is 2.17. The van der Waals surface area contributed by atoms with Crippen LogP contribution in [0.3, 0.4) is 0 Å². The fourth-order valence-corrected chi connectivity index (χ4v) is 2.58. The topological polar surface area (TPSA) is 46.8 Å². The summed E-state index contributed by atoms with van der Waals surface area (Å²) in [5, 5.41) is 4.43. The molecule has 0 N–H and O–H groups in total. The minimum absolute atomic E-state index is 0.191. The monoisotopic (exact) mass is 325 g/mol. The lowest BCUT2D eigenvalue weighted by atomic mass is 10.1. The van der Waals surface area contributed by atoms with E-state index in [1.165, 1.54) is 0 Å². The normalized spacial score (nSPS) is 10.9. The largest absolute Gasteiger partial charge is 0.354 e. The fourth-order valence-electron chi connectivity index (χ4n) is 2.58. The number of hydrogen-bond donors (Lipinski definition) is 0. The molecular weight excluding hydrogens is 305 g/mol. The summed E-state index contributed by atoms with van der Waals surface area (Å²) in [6.07, 6.45) is 3.38. The van der Waals surface area contributed by atoms with Crippen molar-refractivity contribution in [3.63, 3.8) is 0 Å². The molecule has 0 saturated heterocycles. The first-order valence-electron chi connectivity index (χ1n) is 7.76. The van der Waals surface area contributed by atoms with Crippen LogP contribution in [0.1, 0.15) is 22.5 Å². The molecule has 0 aliphatic rings. The third kappa shape index (κ3) is 3.27. The molecule has 1 aromatic carbocycles. The summed E-state index contributed by atoms with van der Waals surface area (Å²) < 4.78 is 15.5. The summed E-state index contributed by atoms with van der Waals surface area (Å²) in [4.78, 5) is 10.8. The molecular formula is C18H20FN5. The second-order valence-corrected chi connectivity index (χ2v) is 6.01. The zero-order valence-electron chi connectivity index (χ0n) is 14.3. The van der Waals surface area contributed by atoms with Crippen molar-refractivity contribution < 1.29 is 4.39 Å². The molecule has 0 amide bonds. The van der Waals surface area contributed by atoms with E-state index in [2.05, 4.69) is 15.1 Å². The third-order valence-electron chi connectivity index (χ3n) is 3.88. The van der Waals surface area contributed by atoms with E-state index in [1.807, 2.05) is 37.9 Å². The Labute approximate surface area is 140 Å². The summed E-state index contributed by atoms with van der Waals surface area (Å²) in [5.41, 5.74) is 3.47. The van der Waals surface area contributed by atoms with Crippen molar-refractivity contribution in [1.29, 1.82) is 0 Å². The highest BCUT2D eigenvalue weighted by Gasteiger charge is 2.10. The van der Waals surface area contributed by atoms with Crippen LogP contribution in [0.25, 0.3) is 5.82 Å². The van der Waals surface area contributed by atoms with Gasteiger partial charge in [-0.25, -0.2) is 14.1 Å². The highest BCUT2D eigenvalue weighted by molar-refractivity contribution is 5.40. The van der Waals surface area contributed by atoms with Gasteiger partial charge in [0.15, 0.2) is 5.82 Å². The number of benzene rings is 1. The van der Waals surface area contributed by atoms with Gasteiger partial charge in [0.2, 0.25) is 0 Å². The first-order chi connectivity index (χ1) is 11.4. The van der Waals surface area contributed by atoms with Crippen LogP contribution >= 0.6 is 0 Å². The van der Waals surface area contributed by atoms with Crippen molar-refractivity contribution in [3.05, 3.63) is 65.0 Å². The second-order valence-electron chi connectivity index (χ2n) is 6.01. The third-order valence-corrected chi connectivity index (χ3v) is 3.88. The van der Waals surface area contributed by atoms with E-state index in [9.17, 15) is 4.39 Å². The first kappa shape index (κ1) is 16.1. The van der Waals surface area contributed by atoms with Gasteiger partial charge < -0.3 is 4.90 Å². The number of rotatable bonds is 4. The average Bonchev–Trinajstić information content (AvgIpc) is 2.89. The Hall–Kier alpha value is -2.76. The Morgan fingerprint density at radius 3 is 2.58 bits per heavy atom. The summed E-state index contributed by atoms with van der Waals surface area (Å²) in [5.74, 6) is 1.18. The maximum Gasteiger partial charge on any atom is 0.174 e. The van der Waals surface area contributed by atoms with Crippen LogP contribution in [-0.4, -0.2) is 26.8 Å². The molecule has 2 heterocycles. The summed E-state index contributed by atoms with van der Waals surface area (Å²) in [6.45, 7) is 6.23. The molecule has 3 rings (SSSR count). The number of nitrogens with zero attached hydrogens (tertiary/aromatic N) is 5. The van der Waals surface area contributed by atoms with Crippen molar-refractivity contribution in [2.24, 2.45) is 0 Å². The van der Waals surface area contributed by atoms with Crippen molar-refractivity contribution in [1.82, 2.24) is 19.7 Å². The van der Waals surface area contributed by atoms with E-state index in [4.69, 9.17) is 0 Å². The molecule has 5 nitrogen and oxygen atoms in total. The van der Waals surface area contributed by atoms with Gasteiger partial charge in [0, 0.05) is 19.3 Å². The standard InChI is InChI=1S/C18H20FN5/c1-12-5-6-15(8-16(12)19)11-23(4)17-9-20-10-18(21-17)24-14(3)7-13(2)22-24/h5-10H,11H2,1-4H3. The maximum atomic E-state index is 13.7. The van der Waals surface area contributed by atoms with Crippen molar-refractivity contribution in [2.45, 2.75) is 27.3 Å². The lowest BCUT2D eigenvalue weighted by Crippen LogP contribution is -2.19. The predicted molar refractivity (Wildman–Crippen MR) is 91.9 cm³/mol. The van der Waals surface area contributed by atoms with Crippen LogP contribution in [0.5, 0.6) is 0 Å². The Kier molecular flexibility index (Phi) is 4.29. The molecule has 0 radical (unpaired) electrons. The quantitative estimate of drug-likeness (QED) is 0.738. The molecule has 2 aromatic heterocycles. The minimum Gasteiger partial charge on any atom is -0.354 e. The van der Waals surface area contributed by atoms with E-state index >= 15 is 0 Å². The van der Waals surface area contributed by atoms with Crippen LogP contribution in [0, 0.1) is 26.6 Å². The zero-order valence-corrected chi connectivity index (χ0v) is 14.3. The molecule has 0 bridgehead atoms. The molecule has 0 aliphatic heterocycles. The number of anilines is 1. The molecule has 0 fully saturated rings. The zero-order chi connectivity index (χ0) is 17.3. The number of halogens is 1. The van der Waals surface area contributed by atoms with Gasteiger partial charge in [0.1, 0.15) is 11.6 Å². The van der Waals surface area contributed by atoms with Crippen LogP contribution in [-0.2, 0) is 6.54 Å². The summed E-state index contributed by atoms with van der Waals surface area (Å²) in [7, 11) is 1.91. The number of aryl methyl sites for hydroxylation is 3. The SMILES string of the molecule is Cc1cc(C)n(-c2cncc(N(C)Cc3ccc(C)c(F)c3)n2)n1. The Morgan fingerprint density at radius 1 is 1.12 bits per heavy atom. The molecule has 3 aromatic rings. The minimum atomic E-state index is -0.191. The Balaban J connectivity index is 1.85. The lowest BCUT2D eigenvalue weighted by Gasteiger charge is -2.19. The summed E-state index contributed by atoms with van der Waals surface area (Å²) >= 11 is 0. The predicted octanol–water partition coefficient (Wildman–Crippen LogP) is 3.36. The van der Waals surface area contributed by atoms with Crippen LogP contribution in [0.2, 0.25) is 0 Å². The maximum absolute atomic E-state index is 13.7. The molecule has 24 heavy (non-hydrogen) atoms. The highest BCUT2D eigenvalue weighted by atomic mass is 19.1. The van der Waals surface area contributed by atoms with Crippen molar-refractivity contribution in [2.75, 3.05) is 11.9 Å². The Bertz CT molecular complexity index is 872. The number of hydrogen-bond acceptors (Lipinski definition) is 4. The molecule has 0 unspecified atom stereocenters. The van der Waals surface area contributed by atoms with Gasteiger partial charge in [0.25, 0.3) is 0 Å². The van der Waals surface area contributed by atoms with Crippen LogP contribution < -0.4 is 4.90 Å². The molecule has 0 atom stereocenters. The molecule has 0 spiro atoms. The fraction of sp³-hybridized carbons (Fsp3) is 0.278. The van der Waals surface area contributed by atoms with E-state index < -0.39 is 0 Å². The van der Waals surface area contributed by atoms with Gasteiger partial charge in [-0.1, -0.05) is 12.1 Å². The molecule has 0 aliphatic carbocycles. The van der Waals surface area contributed by atoms with Crippen molar-refractivity contribution in [3.8, 4) is 5.82 Å². The van der Waals surface area contributed by atoms with Gasteiger partial charge in [-0.2, -0.15) is 5.10 Å². The number of aromatic nitrogens is 4. The molecule has 124 valence electrons. The van der Waals surface area contributed by atoms with Gasteiger partial charge in [-0.3, -0.25) is 4.98 Å². The van der Waals surface area contributed by atoms with Crippen LogP contribution in [0.15, 0.2) is 36.7 Å². The first-order valence-corrected chi connectivity index (χ1v) is 7.76. The van der Waals surface area contributed by atoms with Gasteiger partial charge >= 0.3 is 0 Å². The van der Waals surface area contributed by atoms with Gasteiger partial charge in [-0.15, -0.1) is 0 Å². The average molecular weight is 325 g/mol. The van der Waals surface area contributed by atoms with Crippen molar-refractivity contribution >= 4 is 5.82 Å². The van der Waals surface area contributed by atoms with E-state index in [-0.39, 0.29) is 5.82 Å². The van der Waals surface area contributed by atoms with E-state index in [0.717, 1.165) is 17.0 Å². The van der Waals surface area contributed by atoms with Gasteiger partial charge in [0.05, 0.1) is 18.1 Å². The van der Waals surface area contributed by atoms with Gasteiger partial charge in [-0.05, 0) is 44.0 Å². The van der Waals surface area contributed by atoms with E-state index in [1.54, 1.807) is 36.1 Å². The second kappa shape index (κ2) is 6.39. The summed E-state index contributed by atoms with van der Waals surface area (Å²) in [6, 6.07) is 7.26. The molecule has 0 saturated carbocycles. The Morgan fingerprint density at radius 2 is 1.92 bits per heavy atom. The van der Waals surface area contributed by atoms with E-state index in [0.29, 0.717) is 23.7 Å². The van der Waals surface area contributed by atoms with Crippen LogP contribution in [0.4, 0.5) is 10.2 Å². The smallest absolute Gasteiger partial charge is 0.174 e. The molecule has 6 heteroatoms. The lowest BCUT2D eigenvalue weighted by molar-refractivity contribution is 0.615.